The van der Waals surface area contributed by atoms with Gasteiger partial charge in [0.05, 0.1) is 5.75 Å². The predicted molar refractivity (Wildman–Crippen MR) is 69.4 cm³/mol. The highest BCUT2D eigenvalue weighted by Gasteiger charge is 2.02. The van der Waals surface area contributed by atoms with Gasteiger partial charge in [-0.15, -0.1) is 0 Å². The van der Waals surface area contributed by atoms with Crippen LogP contribution in [0.15, 0.2) is 0 Å². The molecule has 1 unspecified atom stereocenters. The van der Waals surface area contributed by atoms with E-state index in [2.05, 4.69) is 19.2 Å². The third-order valence-corrected chi connectivity index (χ3v) is 4.35. The average Bonchev–Trinajstić information content (AvgIpc) is 2.09. The van der Waals surface area contributed by atoms with E-state index in [1.807, 2.05) is 0 Å². The molecule has 0 aromatic rings. The van der Waals surface area contributed by atoms with Crippen molar-refractivity contribution in [2.75, 3.05) is 30.1 Å². The second kappa shape index (κ2) is 8.42. The highest BCUT2D eigenvalue weighted by atomic mass is 32.2. The third kappa shape index (κ3) is 12.2. The SMILES string of the molecule is CCNC(C)CCCSCCS(C)(=O)=O. The van der Waals surface area contributed by atoms with Crippen LogP contribution >= 0.6 is 11.8 Å². The number of thioether (sulfide) groups is 1. The summed E-state index contributed by atoms with van der Waals surface area (Å²) >= 11 is 1.73. The van der Waals surface area contributed by atoms with Crippen LogP contribution in [0.1, 0.15) is 26.7 Å². The quantitative estimate of drug-likeness (QED) is 0.633. The Morgan fingerprint density at radius 3 is 2.53 bits per heavy atom. The van der Waals surface area contributed by atoms with Crippen LogP contribution in [0.4, 0.5) is 0 Å². The summed E-state index contributed by atoms with van der Waals surface area (Å²) in [4.78, 5) is 0. The molecule has 3 nitrogen and oxygen atoms in total. The molecule has 15 heavy (non-hydrogen) atoms. The van der Waals surface area contributed by atoms with E-state index in [9.17, 15) is 8.42 Å². The van der Waals surface area contributed by atoms with E-state index < -0.39 is 9.84 Å². The fraction of sp³-hybridized carbons (Fsp3) is 1.00. The summed E-state index contributed by atoms with van der Waals surface area (Å²) in [6.07, 6.45) is 3.61. The molecule has 1 atom stereocenters. The Morgan fingerprint density at radius 1 is 1.33 bits per heavy atom. The summed E-state index contributed by atoms with van der Waals surface area (Å²) in [6.45, 7) is 5.31. The first-order chi connectivity index (χ1) is 6.95. The summed E-state index contributed by atoms with van der Waals surface area (Å²) < 4.78 is 21.7. The molecule has 0 spiro atoms. The smallest absolute Gasteiger partial charge is 0.148 e. The van der Waals surface area contributed by atoms with Crippen LogP contribution in [0.2, 0.25) is 0 Å². The minimum Gasteiger partial charge on any atom is -0.315 e. The maximum atomic E-state index is 10.8. The van der Waals surface area contributed by atoms with Gasteiger partial charge >= 0.3 is 0 Å². The van der Waals surface area contributed by atoms with Gasteiger partial charge in [0.2, 0.25) is 0 Å². The maximum absolute atomic E-state index is 10.8. The highest BCUT2D eigenvalue weighted by Crippen LogP contribution is 2.07. The highest BCUT2D eigenvalue weighted by molar-refractivity contribution is 8.00. The molecule has 0 aromatic heterocycles. The second-order valence-electron chi connectivity index (χ2n) is 3.84. The first-order valence-corrected chi connectivity index (χ1v) is 8.66. The van der Waals surface area contributed by atoms with Crippen molar-refractivity contribution in [3.05, 3.63) is 0 Å². The summed E-state index contributed by atoms with van der Waals surface area (Å²) in [7, 11) is -2.77. The fourth-order valence-electron chi connectivity index (χ4n) is 1.25. The van der Waals surface area contributed by atoms with Crippen LogP contribution in [-0.2, 0) is 9.84 Å². The van der Waals surface area contributed by atoms with Gasteiger partial charge < -0.3 is 5.32 Å². The van der Waals surface area contributed by atoms with Crippen LogP contribution < -0.4 is 5.32 Å². The lowest BCUT2D eigenvalue weighted by Crippen LogP contribution is -2.25. The Balaban J connectivity index is 3.25. The van der Waals surface area contributed by atoms with Crippen molar-refractivity contribution in [3.63, 3.8) is 0 Å². The molecule has 0 aromatic carbocycles. The molecule has 0 aliphatic heterocycles. The zero-order valence-corrected chi connectivity index (χ0v) is 11.6. The van der Waals surface area contributed by atoms with Gasteiger partial charge in [-0.05, 0) is 32.1 Å². The van der Waals surface area contributed by atoms with E-state index in [0.717, 1.165) is 24.5 Å². The van der Waals surface area contributed by atoms with Gasteiger partial charge in [-0.2, -0.15) is 11.8 Å². The maximum Gasteiger partial charge on any atom is 0.148 e. The molecule has 0 heterocycles. The van der Waals surface area contributed by atoms with E-state index in [-0.39, 0.29) is 0 Å². The van der Waals surface area contributed by atoms with E-state index in [1.54, 1.807) is 11.8 Å². The van der Waals surface area contributed by atoms with Gasteiger partial charge in [-0.25, -0.2) is 8.42 Å². The molecule has 0 rings (SSSR count). The fourth-order valence-corrected chi connectivity index (χ4v) is 3.51. The first kappa shape index (κ1) is 15.3. The Labute approximate surface area is 98.3 Å². The van der Waals surface area contributed by atoms with Crippen molar-refractivity contribution in [3.8, 4) is 0 Å². The van der Waals surface area contributed by atoms with Gasteiger partial charge in [0, 0.05) is 18.1 Å². The van der Waals surface area contributed by atoms with Crippen molar-refractivity contribution >= 4 is 21.6 Å². The average molecular weight is 253 g/mol. The van der Waals surface area contributed by atoms with Gasteiger partial charge in [-0.3, -0.25) is 0 Å². The van der Waals surface area contributed by atoms with Crippen molar-refractivity contribution in [2.24, 2.45) is 0 Å². The predicted octanol–water partition coefficient (Wildman–Crippen LogP) is 1.54. The number of rotatable bonds is 9. The molecule has 5 heteroatoms. The van der Waals surface area contributed by atoms with Crippen LogP contribution in [0.3, 0.4) is 0 Å². The van der Waals surface area contributed by atoms with Crippen LogP contribution in [-0.4, -0.2) is 44.5 Å². The second-order valence-corrected chi connectivity index (χ2v) is 7.33. The van der Waals surface area contributed by atoms with E-state index in [0.29, 0.717) is 11.8 Å². The number of hydrogen-bond acceptors (Lipinski definition) is 4. The topological polar surface area (TPSA) is 46.2 Å². The number of hydrogen-bond donors (Lipinski definition) is 1. The molecular formula is C10H23NO2S2. The Bertz CT molecular complexity index is 240. The standard InChI is InChI=1S/C10H23NO2S2/c1-4-11-10(2)6-5-7-14-8-9-15(3,12)13/h10-11H,4-9H2,1-3H3. The minimum atomic E-state index is -2.77. The lowest BCUT2D eigenvalue weighted by Gasteiger charge is -2.11. The van der Waals surface area contributed by atoms with Crippen molar-refractivity contribution in [1.82, 2.24) is 5.32 Å². The van der Waals surface area contributed by atoms with Crippen LogP contribution in [0.25, 0.3) is 0 Å². The summed E-state index contributed by atoms with van der Waals surface area (Å²) in [6, 6.07) is 0.575. The first-order valence-electron chi connectivity index (χ1n) is 5.44. The van der Waals surface area contributed by atoms with Gasteiger partial charge in [-0.1, -0.05) is 6.92 Å². The van der Waals surface area contributed by atoms with Gasteiger partial charge in [0.25, 0.3) is 0 Å². The lowest BCUT2D eigenvalue weighted by molar-refractivity contribution is 0.526. The lowest BCUT2D eigenvalue weighted by atomic mass is 10.2. The molecule has 0 amide bonds. The van der Waals surface area contributed by atoms with Crippen molar-refractivity contribution < 1.29 is 8.42 Å². The molecule has 0 aliphatic carbocycles. The number of nitrogens with one attached hydrogen (secondary N) is 1. The molecule has 0 aliphatic rings. The van der Waals surface area contributed by atoms with Crippen molar-refractivity contribution in [1.29, 1.82) is 0 Å². The zero-order chi connectivity index (χ0) is 11.7. The summed E-state index contributed by atoms with van der Waals surface area (Å²) in [5.41, 5.74) is 0. The van der Waals surface area contributed by atoms with Crippen LogP contribution in [0, 0.1) is 0 Å². The van der Waals surface area contributed by atoms with Crippen molar-refractivity contribution in [2.45, 2.75) is 32.7 Å². The minimum absolute atomic E-state index is 0.306. The van der Waals surface area contributed by atoms with E-state index >= 15 is 0 Å². The molecule has 0 bridgehead atoms. The molecular weight excluding hydrogens is 230 g/mol. The van der Waals surface area contributed by atoms with Gasteiger partial charge in [0.15, 0.2) is 0 Å². The number of sulfone groups is 1. The molecule has 92 valence electrons. The zero-order valence-electron chi connectivity index (χ0n) is 9.95. The largest absolute Gasteiger partial charge is 0.315 e. The Hall–Kier alpha value is 0.260. The molecule has 0 radical (unpaired) electrons. The normalized spacial score (nSPS) is 14.1. The monoisotopic (exact) mass is 253 g/mol. The molecule has 0 saturated carbocycles. The molecule has 0 fully saturated rings. The van der Waals surface area contributed by atoms with E-state index in [1.165, 1.54) is 12.7 Å². The Kier molecular flexibility index (Phi) is 8.56. The third-order valence-electron chi connectivity index (χ3n) is 2.08. The summed E-state index contributed by atoms with van der Waals surface area (Å²) in [5, 5.41) is 3.36. The molecule has 1 N–H and O–H groups in total. The summed E-state index contributed by atoms with van der Waals surface area (Å²) in [5.74, 6) is 2.10. The van der Waals surface area contributed by atoms with Gasteiger partial charge in [0.1, 0.15) is 9.84 Å². The molecule has 0 saturated heterocycles. The van der Waals surface area contributed by atoms with E-state index in [4.69, 9.17) is 0 Å². The van der Waals surface area contributed by atoms with Crippen LogP contribution in [0.5, 0.6) is 0 Å². The Morgan fingerprint density at radius 2 is 2.00 bits per heavy atom.